The van der Waals surface area contributed by atoms with Crippen LogP contribution in [0.2, 0.25) is 0 Å². The number of amides is 1. The highest BCUT2D eigenvalue weighted by Crippen LogP contribution is 2.22. The lowest BCUT2D eigenvalue weighted by Gasteiger charge is -2.08. The summed E-state index contributed by atoms with van der Waals surface area (Å²) in [7, 11) is 0. The van der Waals surface area contributed by atoms with E-state index in [2.05, 4.69) is 12.2 Å². The van der Waals surface area contributed by atoms with Gasteiger partial charge in [-0.2, -0.15) is 0 Å². The molecule has 0 aromatic heterocycles. The Kier molecular flexibility index (Phi) is 5.35. The summed E-state index contributed by atoms with van der Waals surface area (Å²) in [5.41, 5.74) is 6.39. The molecule has 16 heavy (non-hydrogen) atoms. The van der Waals surface area contributed by atoms with Crippen molar-refractivity contribution in [2.45, 2.75) is 18.7 Å². The Hall–Kier alpha value is -1.00. The molecule has 1 aromatic rings. The molecule has 0 heterocycles. The molecule has 1 unspecified atom stereocenters. The molecule has 0 bridgehead atoms. The summed E-state index contributed by atoms with van der Waals surface area (Å²) in [6.07, 6.45) is 0. The SMILES string of the molecule is CC(=O)Nc1ccc(SCC(C)CN)cc1. The lowest BCUT2D eigenvalue weighted by Crippen LogP contribution is -2.12. The molecule has 0 fully saturated rings. The van der Waals surface area contributed by atoms with Gasteiger partial charge in [-0.15, -0.1) is 11.8 Å². The normalized spacial score (nSPS) is 12.2. The van der Waals surface area contributed by atoms with Crippen molar-refractivity contribution in [2.75, 3.05) is 17.6 Å². The first-order valence-corrected chi connectivity index (χ1v) is 6.31. The van der Waals surface area contributed by atoms with Gasteiger partial charge in [0, 0.05) is 23.3 Å². The van der Waals surface area contributed by atoms with Gasteiger partial charge in [0.15, 0.2) is 0 Å². The average Bonchev–Trinajstić information content (AvgIpc) is 2.27. The lowest BCUT2D eigenvalue weighted by atomic mass is 10.2. The van der Waals surface area contributed by atoms with Crippen molar-refractivity contribution < 1.29 is 4.79 Å². The Bertz CT molecular complexity index is 337. The van der Waals surface area contributed by atoms with Crippen molar-refractivity contribution in [3.8, 4) is 0 Å². The number of thioether (sulfide) groups is 1. The molecule has 88 valence electrons. The van der Waals surface area contributed by atoms with Gasteiger partial charge in [0.1, 0.15) is 0 Å². The quantitative estimate of drug-likeness (QED) is 0.774. The summed E-state index contributed by atoms with van der Waals surface area (Å²) in [4.78, 5) is 12.0. The maximum Gasteiger partial charge on any atom is 0.221 e. The van der Waals surface area contributed by atoms with Crippen LogP contribution < -0.4 is 11.1 Å². The molecule has 4 heteroatoms. The number of anilines is 1. The summed E-state index contributed by atoms with van der Waals surface area (Å²) in [5.74, 6) is 1.51. The average molecular weight is 238 g/mol. The van der Waals surface area contributed by atoms with E-state index < -0.39 is 0 Å². The molecule has 0 spiro atoms. The highest BCUT2D eigenvalue weighted by Gasteiger charge is 2.01. The highest BCUT2D eigenvalue weighted by atomic mass is 32.2. The van der Waals surface area contributed by atoms with Gasteiger partial charge >= 0.3 is 0 Å². The minimum atomic E-state index is -0.0443. The van der Waals surface area contributed by atoms with Gasteiger partial charge in [0.25, 0.3) is 0 Å². The number of benzene rings is 1. The fraction of sp³-hybridized carbons (Fsp3) is 0.417. The molecule has 1 atom stereocenters. The molecular formula is C12H18N2OS. The lowest BCUT2D eigenvalue weighted by molar-refractivity contribution is -0.114. The van der Waals surface area contributed by atoms with E-state index in [0.29, 0.717) is 5.92 Å². The van der Waals surface area contributed by atoms with Crippen LogP contribution in [0.15, 0.2) is 29.2 Å². The molecule has 3 nitrogen and oxygen atoms in total. The topological polar surface area (TPSA) is 55.1 Å². The van der Waals surface area contributed by atoms with Crippen molar-refractivity contribution in [3.05, 3.63) is 24.3 Å². The minimum Gasteiger partial charge on any atom is -0.330 e. The smallest absolute Gasteiger partial charge is 0.221 e. The minimum absolute atomic E-state index is 0.0443. The predicted molar refractivity (Wildman–Crippen MR) is 69.7 cm³/mol. The molecule has 1 rings (SSSR count). The maximum absolute atomic E-state index is 10.8. The zero-order valence-electron chi connectivity index (χ0n) is 9.69. The third kappa shape index (κ3) is 4.68. The van der Waals surface area contributed by atoms with Gasteiger partial charge in [-0.25, -0.2) is 0 Å². The first-order valence-electron chi connectivity index (χ1n) is 5.32. The number of carbonyl (C=O) groups is 1. The number of carbonyl (C=O) groups excluding carboxylic acids is 1. The summed E-state index contributed by atoms with van der Waals surface area (Å²) < 4.78 is 0. The van der Waals surface area contributed by atoms with Gasteiger partial charge in [-0.05, 0) is 36.7 Å². The van der Waals surface area contributed by atoms with Crippen LogP contribution in [0, 0.1) is 5.92 Å². The Morgan fingerprint density at radius 1 is 1.44 bits per heavy atom. The molecule has 3 N–H and O–H groups in total. The second-order valence-electron chi connectivity index (χ2n) is 3.86. The second-order valence-corrected chi connectivity index (χ2v) is 4.95. The van der Waals surface area contributed by atoms with Gasteiger partial charge in [-0.1, -0.05) is 6.92 Å². The number of rotatable bonds is 5. The molecule has 0 saturated heterocycles. The summed E-state index contributed by atoms with van der Waals surface area (Å²) >= 11 is 1.79. The summed E-state index contributed by atoms with van der Waals surface area (Å²) in [5, 5.41) is 2.74. The van der Waals surface area contributed by atoms with E-state index >= 15 is 0 Å². The molecule has 0 saturated carbocycles. The van der Waals surface area contributed by atoms with E-state index in [1.165, 1.54) is 11.8 Å². The highest BCUT2D eigenvalue weighted by molar-refractivity contribution is 7.99. The molecule has 1 aromatic carbocycles. The van der Waals surface area contributed by atoms with Crippen LogP contribution in [0.3, 0.4) is 0 Å². The van der Waals surface area contributed by atoms with Crippen LogP contribution in [0.4, 0.5) is 5.69 Å². The largest absolute Gasteiger partial charge is 0.330 e. The van der Waals surface area contributed by atoms with Crippen molar-refractivity contribution in [1.82, 2.24) is 0 Å². The van der Waals surface area contributed by atoms with E-state index in [0.717, 1.165) is 18.0 Å². The fourth-order valence-electron chi connectivity index (χ4n) is 1.14. The fourth-order valence-corrected chi connectivity index (χ4v) is 2.09. The number of hydrogen-bond donors (Lipinski definition) is 2. The van der Waals surface area contributed by atoms with E-state index in [-0.39, 0.29) is 5.91 Å². The Morgan fingerprint density at radius 3 is 2.56 bits per heavy atom. The molecule has 0 radical (unpaired) electrons. The monoisotopic (exact) mass is 238 g/mol. The second kappa shape index (κ2) is 6.55. The Morgan fingerprint density at radius 2 is 2.06 bits per heavy atom. The molecule has 1 amide bonds. The van der Waals surface area contributed by atoms with Crippen molar-refractivity contribution in [2.24, 2.45) is 11.7 Å². The van der Waals surface area contributed by atoms with E-state index in [1.807, 2.05) is 24.3 Å². The van der Waals surface area contributed by atoms with Crippen LogP contribution in [-0.4, -0.2) is 18.2 Å². The summed E-state index contributed by atoms with van der Waals surface area (Å²) in [6.45, 7) is 4.36. The van der Waals surface area contributed by atoms with Gasteiger partial charge in [0.05, 0.1) is 0 Å². The van der Waals surface area contributed by atoms with Crippen LogP contribution in [-0.2, 0) is 4.79 Å². The molecule has 0 aliphatic heterocycles. The number of hydrogen-bond acceptors (Lipinski definition) is 3. The molecule has 0 aliphatic carbocycles. The molecular weight excluding hydrogens is 220 g/mol. The van der Waals surface area contributed by atoms with E-state index in [9.17, 15) is 4.79 Å². The van der Waals surface area contributed by atoms with E-state index in [4.69, 9.17) is 5.73 Å². The van der Waals surface area contributed by atoms with Crippen LogP contribution in [0.1, 0.15) is 13.8 Å². The third-order valence-electron chi connectivity index (χ3n) is 2.11. The predicted octanol–water partition coefficient (Wildman–Crippen LogP) is 2.33. The number of nitrogens with two attached hydrogens (primary N) is 1. The molecule has 0 aliphatic rings. The first kappa shape index (κ1) is 13.1. The maximum atomic E-state index is 10.8. The Labute approximate surface area is 101 Å². The van der Waals surface area contributed by atoms with Gasteiger partial charge < -0.3 is 11.1 Å². The van der Waals surface area contributed by atoms with Crippen LogP contribution >= 0.6 is 11.8 Å². The zero-order chi connectivity index (χ0) is 12.0. The number of nitrogens with one attached hydrogen (secondary N) is 1. The Balaban J connectivity index is 2.48. The van der Waals surface area contributed by atoms with E-state index in [1.54, 1.807) is 11.8 Å². The standard InChI is InChI=1S/C12H18N2OS/c1-9(7-13)8-16-12-5-3-11(4-6-12)14-10(2)15/h3-6,9H,7-8,13H2,1-2H3,(H,14,15). The van der Waals surface area contributed by atoms with Gasteiger partial charge in [-0.3, -0.25) is 4.79 Å². The van der Waals surface area contributed by atoms with Crippen LogP contribution in [0.25, 0.3) is 0 Å². The van der Waals surface area contributed by atoms with Crippen LogP contribution in [0.5, 0.6) is 0 Å². The van der Waals surface area contributed by atoms with Crippen molar-refractivity contribution in [1.29, 1.82) is 0 Å². The zero-order valence-corrected chi connectivity index (χ0v) is 10.5. The third-order valence-corrected chi connectivity index (χ3v) is 3.45. The van der Waals surface area contributed by atoms with Gasteiger partial charge in [0.2, 0.25) is 5.91 Å². The van der Waals surface area contributed by atoms with Crippen molar-refractivity contribution >= 4 is 23.4 Å². The first-order chi connectivity index (χ1) is 7.61. The van der Waals surface area contributed by atoms with Crippen molar-refractivity contribution in [3.63, 3.8) is 0 Å². The summed E-state index contributed by atoms with van der Waals surface area (Å²) in [6, 6.07) is 7.85.